The summed E-state index contributed by atoms with van der Waals surface area (Å²) in [6.45, 7) is 17.7. The maximum absolute atomic E-state index is 7.15. The van der Waals surface area contributed by atoms with Gasteiger partial charge in [-0.3, -0.25) is 0 Å². The van der Waals surface area contributed by atoms with Gasteiger partial charge in [-0.05, 0) is 131 Å². The first-order valence-corrected chi connectivity index (χ1v) is 21.9. The van der Waals surface area contributed by atoms with Gasteiger partial charge in [0.2, 0.25) is 0 Å². The van der Waals surface area contributed by atoms with Crippen molar-refractivity contribution in [3.05, 3.63) is 160 Å². The fourth-order valence-corrected chi connectivity index (χ4v) is 13.8. The van der Waals surface area contributed by atoms with Gasteiger partial charge in [-0.15, -0.1) is 0 Å². The van der Waals surface area contributed by atoms with Gasteiger partial charge in [0.25, 0.3) is 0 Å². The Labute approximate surface area is 327 Å². The molecule has 0 saturated heterocycles. The summed E-state index contributed by atoms with van der Waals surface area (Å²) in [7, 11) is 0. The number of aryl methyl sites for hydroxylation is 8. The Morgan fingerprint density at radius 1 is 0.418 bits per heavy atom. The summed E-state index contributed by atoms with van der Waals surface area (Å²) >= 11 is 6.98. The molecule has 0 amide bonds. The van der Waals surface area contributed by atoms with Gasteiger partial charge in [-0.25, -0.2) is 0 Å². The topological polar surface area (TPSA) is 19.1 Å². The van der Waals surface area contributed by atoms with Crippen LogP contribution in [0, 0.1) is 55.4 Å². The average molecular weight is 751 g/mol. The van der Waals surface area contributed by atoms with E-state index in [0.717, 1.165) is 33.5 Å². The van der Waals surface area contributed by atoms with Crippen LogP contribution in [0.3, 0.4) is 0 Å². The maximum Gasteiger partial charge on any atom is 0.138 e. The molecular formula is C50H43N2OPS. The number of rotatable bonds is 3. The summed E-state index contributed by atoms with van der Waals surface area (Å²) in [5.41, 5.74) is 17.2. The third kappa shape index (κ3) is 4.91. The molecule has 0 atom stereocenters. The molecule has 0 bridgehead atoms. The van der Waals surface area contributed by atoms with Gasteiger partial charge in [0.05, 0.1) is 22.1 Å². The second-order valence-corrected chi connectivity index (χ2v) is 20.3. The van der Waals surface area contributed by atoms with E-state index in [1.54, 1.807) is 0 Å². The highest BCUT2D eigenvalue weighted by molar-refractivity contribution is 8.25. The molecule has 2 aromatic heterocycles. The van der Waals surface area contributed by atoms with E-state index in [9.17, 15) is 0 Å². The summed E-state index contributed by atoms with van der Waals surface area (Å²) in [4.78, 5) is 0. The number of aromatic nitrogens is 2. The molecule has 9 aromatic rings. The summed E-state index contributed by atoms with van der Waals surface area (Å²) < 4.78 is 12.0. The molecule has 5 heteroatoms. The van der Waals surface area contributed by atoms with E-state index in [-0.39, 0.29) is 0 Å². The Hall–Kier alpha value is -5.41. The van der Waals surface area contributed by atoms with Gasteiger partial charge in [0, 0.05) is 61.7 Å². The quantitative estimate of drug-likeness (QED) is 0.168. The third-order valence-corrected chi connectivity index (χ3v) is 16.6. The molecule has 0 N–H and O–H groups in total. The highest BCUT2D eigenvalue weighted by Gasteiger charge is 2.36. The fraction of sp³-hybridized carbons (Fsp3) is 0.160. The minimum absolute atomic E-state index is 0.833. The third-order valence-electron chi connectivity index (χ3n) is 11.7. The molecular weight excluding hydrogens is 708 g/mol. The minimum Gasteiger partial charge on any atom is -0.456 e. The maximum atomic E-state index is 7.15. The molecule has 1 aliphatic heterocycles. The zero-order valence-corrected chi connectivity index (χ0v) is 34.3. The van der Waals surface area contributed by atoms with Crippen molar-refractivity contribution < 1.29 is 4.74 Å². The summed E-state index contributed by atoms with van der Waals surface area (Å²) in [5, 5.41) is 8.48. The van der Waals surface area contributed by atoms with Crippen molar-refractivity contribution in [1.82, 2.24) is 9.13 Å². The van der Waals surface area contributed by atoms with Crippen LogP contribution in [0.4, 0.5) is 0 Å². The Balaban J connectivity index is 1.24. The monoisotopic (exact) mass is 750 g/mol. The van der Waals surface area contributed by atoms with Gasteiger partial charge < -0.3 is 13.9 Å². The van der Waals surface area contributed by atoms with Crippen LogP contribution in [0.15, 0.2) is 115 Å². The largest absolute Gasteiger partial charge is 0.456 e. The summed E-state index contributed by atoms with van der Waals surface area (Å²) in [5.74, 6) is 1.67. The molecule has 0 unspecified atom stereocenters. The molecule has 3 nitrogen and oxygen atoms in total. The molecule has 7 aromatic carbocycles. The lowest BCUT2D eigenvalue weighted by molar-refractivity contribution is 0.488. The van der Waals surface area contributed by atoms with Gasteiger partial charge in [-0.1, -0.05) is 88.7 Å². The van der Waals surface area contributed by atoms with Gasteiger partial charge in [0.15, 0.2) is 0 Å². The predicted molar refractivity (Wildman–Crippen MR) is 239 cm³/mol. The van der Waals surface area contributed by atoms with Crippen molar-refractivity contribution in [2.24, 2.45) is 0 Å². The first-order chi connectivity index (χ1) is 26.4. The van der Waals surface area contributed by atoms with Crippen LogP contribution in [-0.2, 0) is 11.8 Å². The smallest absolute Gasteiger partial charge is 0.138 e. The molecule has 0 spiro atoms. The van der Waals surface area contributed by atoms with Crippen molar-refractivity contribution in [2.75, 3.05) is 0 Å². The molecule has 3 heterocycles. The fourth-order valence-electron chi connectivity index (χ4n) is 9.72. The molecule has 0 radical (unpaired) electrons. The van der Waals surface area contributed by atoms with Crippen LogP contribution in [0.25, 0.3) is 55.0 Å². The van der Waals surface area contributed by atoms with Crippen molar-refractivity contribution >= 4 is 77.4 Å². The van der Waals surface area contributed by atoms with Gasteiger partial charge >= 0.3 is 0 Å². The van der Waals surface area contributed by atoms with Crippen LogP contribution in [0.2, 0.25) is 0 Å². The van der Waals surface area contributed by atoms with E-state index >= 15 is 0 Å². The summed E-state index contributed by atoms with van der Waals surface area (Å²) in [6, 6.07) is 40.2. The van der Waals surface area contributed by atoms with E-state index in [0.29, 0.717) is 0 Å². The molecule has 1 aliphatic rings. The number of ether oxygens (including phenoxy) is 1. The number of hydrogen-bond donors (Lipinski definition) is 0. The standard InChI is InChI=1S/C50H43N2OPS/c1-28-18-32(5)47-39(22-28)40-23-29(2)19-33(6)48(40)51(47)36-14-16-45-43(26-36)53-44-27-37(15-17-46(44)54(45,55)38-12-10-9-11-13-38)52-49-34(7)20-30(3)24-41(49)42-25-31(4)21-35(8)50(42)52/h9-27H,1-8H3. The first kappa shape index (κ1) is 34.1. The van der Waals surface area contributed by atoms with Crippen molar-refractivity contribution in [3.63, 3.8) is 0 Å². The highest BCUT2D eigenvalue weighted by atomic mass is 32.4. The second kappa shape index (κ2) is 12.0. The Morgan fingerprint density at radius 3 is 1.11 bits per heavy atom. The zero-order valence-electron chi connectivity index (χ0n) is 32.6. The molecule has 270 valence electrons. The lowest BCUT2D eigenvalue weighted by Gasteiger charge is -2.33. The van der Waals surface area contributed by atoms with Gasteiger partial charge in [0.1, 0.15) is 11.5 Å². The van der Waals surface area contributed by atoms with Crippen molar-refractivity contribution in [3.8, 4) is 22.9 Å². The lowest BCUT2D eigenvalue weighted by atomic mass is 10.0. The Kier molecular flexibility index (Phi) is 7.47. The Bertz CT molecular complexity index is 2860. The van der Waals surface area contributed by atoms with Crippen LogP contribution >= 0.6 is 6.04 Å². The van der Waals surface area contributed by atoms with E-state index in [4.69, 9.17) is 16.5 Å². The van der Waals surface area contributed by atoms with Crippen LogP contribution < -0.4 is 20.7 Å². The SMILES string of the molecule is Cc1cc(C)c2c(c1)c1cc(C)cc(C)c1n2-c1ccc2c(c1)Oc1cc(-n3c4c(C)cc(C)cc4c4cc(C)cc(C)c43)ccc1P2(=S)c1ccccc1. The zero-order chi connectivity index (χ0) is 38.1. The normalized spacial score (nSPS) is 13.5. The van der Waals surface area contributed by atoms with E-state index < -0.39 is 6.04 Å². The van der Waals surface area contributed by atoms with E-state index in [1.165, 1.54) is 93.4 Å². The highest BCUT2D eigenvalue weighted by Crippen LogP contribution is 2.53. The average Bonchev–Trinajstić information content (AvgIpc) is 3.65. The van der Waals surface area contributed by atoms with Crippen LogP contribution in [0.5, 0.6) is 11.5 Å². The molecule has 55 heavy (non-hydrogen) atoms. The number of benzene rings is 7. The van der Waals surface area contributed by atoms with Crippen LogP contribution in [0.1, 0.15) is 44.5 Å². The Morgan fingerprint density at radius 2 is 0.764 bits per heavy atom. The second-order valence-electron chi connectivity index (χ2n) is 15.9. The van der Waals surface area contributed by atoms with Crippen LogP contribution in [-0.4, -0.2) is 9.13 Å². The predicted octanol–water partition coefficient (Wildman–Crippen LogP) is 12.2. The molecule has 0 fully saturated rings. The summed E-state index contributed by atoms with van der Waals surface area (Å²) in [6.07, 6.45) is 0. The van der Waals surface area contributed by atoms with Crippen molar-refractivity contribution in [2.45, 2.75) is 55.4 Å². The molecule has 0 saturated carbocycles. The molecule has 10 rings (SSSR count). The lowest BCUT2D eigenvalue weighted by Crippen LogP contribution is -2.30. The minimum atomic E-state index is -2.51. The van der Waals surface area contributed by atoms with Crippen molar-refractivity contribution in [1.29, 1.82) is 0 Å². The first-order valence-electron chi connectivity index (χ1n) is 19.1. The number of hydrogen-bond acceptors (Lipinski definition) is 2. The molecule has 0 aliphatic carbocycles. The van der Waals surface area contributed by atoms with E-state index in [2.05, 4.69) is 180 Å². The van der Waals surface area contributed by atoms with E-state index in [1.807, 2.05) is 0 Å². The number of fused-ring (bicyclic) bond motifs is 8. The van der Waals surface area contributed by atoms with Gasteiger partial charge in [-0.2, -0.15) is 0 Å². The number of nitrogens with zero attached hydrogens (tertiary/aromatic N) is 2.